The molecule has 2 aromatic carbocycles. The Morgan fingerprint density at radius 1 is 1.19 bits per heavy atom. The van der Waals surface area contributed by atoms with Gasteiger partial charge >= 0.3 is 0 Å². The third-order valence-corrected chi connectivity index (χ3v) is 4.46. The standard InChI is InChI=1S/C19H20BrClN2O3/c1-3-12(2)22-19(25)13-4-7-15(8-5-13)23-18(24)11-26-17-9-6-14(20)10-16(17)21/h4-10,12H,3,11H2,1-2H3,(H,22,25)(H,23,24). The van der Waals surface area contributed by atoms with Crippen molar-refractivity contribution in [1.29, 1.82) is 0 Å². The van der Waals surface area contributed by atoms with E-state index in [-0.39, 0.29) is 24.5 Å². The highest BCUT2D eigenvalue weighted by molar-refractivity contribution is 9.10. The second-order valence-electron chi connectivity index (χ2n) is 5.77. The zero-order chi connectivity index (χ0) is 19.1. The highest BCUT2D eigenvalue weighted by Crippen LogP contribution is 2.27. The van der Waals surface area contributed by atoms with Gasteiger partial charge in [-0.15, -0.1) is 0 Å². The van der Waals surface area contributed by atoms with Crippen molar-refractivity contribution in [3.63, 3.8) is 0 Å². The van der Waals surface area contributed by atoms with E-state index in [2.05, 4.69) is 26.6 Å². The van der Waals surface area contributed by atoms with Gasteiger partial charge in [-0.2, -0.15) is 0 Å². The molecule has 0 radical (unpaired) electrons. The first-order valence-electron chi connectivity index (χ1n) is 8.17. The number of nitrogens with one attached hydrogen (secondary N) is 2. The molecule has 0 aromatic heterocycles. The van der Waals surface area contributed by atoms with Crippen LogP contribution in [0, 0.1) is 0 Å². The summed E-state index contributed by atoms with van der Waals surface area (Å²) in [6.45, 7) is 3.79. The zero-order valence-electron chi connectivity index (χ0n) is 14.5. The summed E-state index contributed by atoms with van der Waals surface area (Å²) in [5.41, 5.74) is 1.13. The molecule has 2 N–H and O–H groups in total. The number of halogens is 2. The summed E-state index contributed by atoms with van der Waals surface area (Å²) in [5.74, 6) is -0.0201. The monoisotopic (exact) mass is 438 g/mol. The maximum atomic E-state index is 12.0. The minimum Gasteiger partial charge on any atom is -0.482 e. The van der Waals surface area contributed by atoms with Crippen LogP contribution in [0.1, 0.15) is 30.6 Å². The molecule has 0 aliphatic heterocycles. The number of hydrogen-bond acceptors (Lipinski definition) is 3. The first kappa shape index (κ1) is 20.3. The van der Waals surface area contributed by atoms with Crippen molar-refractivity contribution < 1.29 is 14.3 Å². The molecule has 0 bridgehead atoms. The van der Waals surface area contributed by atoms with E-state index in [0.29, 0.717) is 22.0 Å². The molecule has 0 fully saturated rings. The Morgan fingerprint density at radius 2 is 1.88 bits per heavy atom. The van der Waals surface area contributed by atoms with E-state index in [1.54, 1.807) is 42.5 Å². The Labute approximate surface area is 166 Å². The quantitative estimate of drug-likeness (QED) is 0.660. The van der Waals surface area contributed by atoms with Crippen LogP contribution >= 0.6 is 27.5 Å². The fraction of sp³-hybridized carbons (Fsp3) is 0.263. The van der Waals surface area contributed by atoms with Gasteiger partial charge in [-0.25, -0.2) is 0 Å². The minimum absolute atomic E-state index is 0.115. The van der Waals surface area contributed by atoms with Gasteiger partial charge < -0.3 is 15.4 Å². The molecule has 2 aromatic rings. The van der Waals surface area contributed by atoms with Crippen molar-refractivity contribution >= 4 is 45.0 Å². The van der Waals surface area contributed by atoms with Crippen LogP contribution in [0.5, 0.6) is 5.75 Å². The Balaban J connectivity index is 1.88. The van der Waals surface area contributed by atoms with Crippen molar-refractivity contribution in [1.82, 2.24) is 5.32 Å². The van der Waals surface area contributed by atoms with Crippen LogP contribution in [-0.2, 0) is 4.79 Å². The number of amides is 2. The maximum Gasteiger partial charge on any atom is 0.262 e. The average molecular weight is 440 g/mol. The first-order chi connectivity index (χ1) is 12.4. The summed E-state index contributed by atoms with van der Waals surface area (Å²) < 4.78 is 6.25. The van der Waals surface area contributed by atoms with Crippen LogP contribution in [0.15, 0.2) is 46.9 Å². The van der Waals surface area contributed by atoms with E-state index in [1.165, 1.54) is 0 Å². The van der Waals surface area contributed by atoms with Gasteiger partial charge in [0.25, 0.3) is 11.8 Å². The van der Waals surface area contributed by atoms with Gasteiger partial charge in [0.1, 0.15) is 5.75 Å². The fourth-order valence-electron chi connectivity index (χ4n) is 2.05. The highest BCUT2D eigenvalue weighted by Gasteiger charge is 2.10. The highest BCUT2D eigenvalue weighted by atomic mass is 79.9. The van der Waals surface area contributed by atoms with Crippen molar-refractivity contribution in [3.8, 4) is 5.75 Å². The van der Waals surface area contributed by atoms with Gasteiger partial charge in [0, 0.05) is 21.8 Å². The normalized spacial score (nSPS) is 11.5. The van der Waals surface area contributed by atoms with E-state index >= 15 is 0 Å². The summed E-state index contributed by atoms with van der Waals surface area (Å²) in [7, 11) is 0. The van der Waals surface area contributed by atoms with Gasteiger partial charge in [-0.1, -0.05) is 34.5 Å². The summed E-state index contributed by atoms with van der Waals surface area (Å²) >= 11 is 9.35. The first-order valence-corrected chi connectivity index (χ1v) is 9.34. The van der Waals surface area contributed by atoms with Crippen molar-refractivity contribution in [2.45, 2.75) is 26.3 Å². The molecule has 0 saturated carbocycles. The van der Waals surface area contributed by atoms with Gasteiger partial charge in [0.05, 0.1) is 5.02 Å². The van der Waals surface area contributed by atoms with E-state index in [4.69, 9.17) is 16.3 Å². The molecule has 0 saturated heterocycles. The van der Waals surface area contributed by atoms with Crippen LogP contribution in [0.4, 0.5) is 5.69 Å². The van der Waals surface area contributed by atoms with Gasteiger partial charge in [0.15, 0.2) is 6.61 Å². The van der Waals surface area contributed by atoms with Crippen LogP contribution in [0.2, 0.25) is 5.02 Å². The third kappa shape index (κ3) is 6.04. The molecule has 0 heterocycles. The van der Waals surface area contributed by atoms with Crippen LogP contribution < -0.4 is 15.4 Å². The lowest BCUT2D eigenvalue weighted by Crippen LogP contribution is -2.31. The molecule has 1 atom stereocenters. The lowest BCUT2D eigenvalue weighted by molar-refractivity contribution is -0.118. The number of hydrogen-bond donors (Lipinski definition) is 2. The predicted octanol–water partition coefficient (Wildman–Crippen LogP) is 4.65. The number of ether oxygens (including phenoxy) is 1. The Morgan fingerprint density at radius 3 is 2.50 bits per heavy atom. The molecule has 26 heavy (non-hydrogen) atoms. The molecule has 0 spiro atoms. The lowest BCUT2D eigenvalue weighted by atomic mass is 10.1. The molecule has 5 nitrogen and oxygen atoms in total. The Kier molecular flexibility index (Phi) is 7.48. The second kappa shape index (κ2) is 9.59. The molecule has 2 amide bonds. The number of carbonyl (C=O) groups excluding carboxylic acids is 2. The van der Waals surface area contributed by atoms with Crippen LogP contribution in [0.3, 0.4) is 0 Å². The molecule has 7 heteroatoms. The topological polar surface area (TPSA) is 67.4 Å². The number of benzene rings is 2. The Bertz CT molecular complexity index is 781. The predicted molar refractivity (Wildman–Crippen MR) is 107 cm³/mol. The fourth-order valence-corrected chi connectivity index (χ4v) is 2.77. The average Bonchev–Trinajstić information content (AvgIpc) is 2.61. The van der Waals surface area contributed by atoms with Crippen LogP contribution in [-0.4, -0.2) is 24.5 Å². The molecule has 0 aliphatic carbocycles. The Hall–Kier alpha value is -2.05. The SMILES string of the molecule is CCC(C)NC(=O)c1ccc(NC(=O)COc2ccc(Br)cc2Cl)cc1. The number of rotatable bonds is 7. The van der Waals surface area contributed by atoms with Crippen molar-refractivity contribution in [2.75, 3.05) is 11.9 Å². The van der Waals surface area contributed by atoms with Gasteiger partial charge in [0.2, 0.25) is 0 Å². The smallest absolute Gasteiger partial charge is 0.262 e. The zero-order valence-corrected chi connectivity index (χ0v) is 16.9. The van der Waals surface area contributed by atoms with E-state index in [1.807, 2.05) is 13.8 Å². The molecule has 0 aliphatic rings. The number of carbonyl (C=O) groups is 2. The van der Waals surface area contributed by atoms with E-state index in [9.17, 15) is 9.59 Å². The van der Waals surface area contributed by atoms with Gasteiger partial charge in [-0.3, -0.25) is 9.59 Å². The second-order valence-corrected chi connectivity index (χ2v) is 7.09. The van der Waals surface area contributed by atoms with E-state index < -0.39 is 0 Å². The summed E-state index contributed by atoms with van der Waals surface area (Å²) in [5, 5.41) is 6.02. The largest absolute Gasteiger partial charge is 0.482 e. The molecule has 1 unspecified atom stereocenters. The number of anilines is 1. The van der Waals surface area contributed by atoms with Crippen LogP contribution in [0.25, 0.3) is 0 Å². The molecule has 138 valence electrons. The molecular weight excluding hydrogens is 420 g/mol. The summed E-state index contributed by atoms with van der Waals surface area (Å²) in [6.07, 6.45) is 0.863. The van der Waals surface area contributed by atoms with Crippen molar-refractivity contribution in [3.05, 3.63) is 57.5 Å². The van der Waals surface area contributed by atoms with Crippen molar-refractivity contribution in [2.24, 2.45) is 0 Å². The molecule has 2 rings (SSSR count). The lowest BCUT2D eigenvalue weighted by Gasteiger charge is -2.12. The maximum absolute atomic E-state index is 12.0. The third-order valence-electron chi connectivity index (χ3n) is 3.67. The summed E-state index contributed by atoms with van der Waals surface area (Å²) in [6, 6.07) is 12.0. The summed E-state index contributed by atoms with van der Waals surface area (Å²) in [4.78, 5) is 24.0. The van der Waals surface area contributed by atoms with Gasteiger partial charge in [-0.05, 0) is 55.8 Å². The molecular formula is C19H20BrClN2O3. The van der Waals surface area contributed by atoms with E-state index in [0.717, 1.165) is 10.9 Å². The minimum atomic E-state index is -0.319.